The average Bonchev–Trinajstić information content (AvgIpc) is 2.73. The summed E-state index contributed by atoms with van der Waals surface area (Å²) in [5, 5.41) is 3.01. The number of hydrogen-bond acceptors (Lipinski definition) is 4. The van der Waals surface area contributed by atoms with Crippen LogP contribution in [0, 0.1) is 12.3 Å². The lowest BCUT2D eigenvalue weighted by molar-refractivity contribution is -0.132. The minimum atomic E-state index is -3.67. The maximum Gasteiger partial charge on any atom is 0.243 e. The summed E-state index contributed by atoms with van der Waals surface area (Å²) < 4.78 is 33.1. The van der Waals surface area contributed by atoms with Gasteiger partial charge in [0.05, 0.1) is 16.9 Å². The molecule has 1 amide bonds. The lowest BCUT2D eigenvalue weighted by atomic mass is 9.82. The Balaban J connectivity index is 1.71. The second kappa shape index (κ2) is 9.18. The van der Waals surface area contributed by atoms with Crippen molar-refractivity contribution in [2.75, 3.05) is 19.7 Å². The van der Waals surface area contributed by atoms with Gasteiger partial charge in [-0.25, -0.2) is 8.42 Å². The number of ether oxygens (including phenoxy) is 1. The highest BCUT2D eigenvalue weighted by Gasteiger charge is 2.41. The van der Waals surface area contributed by atoms with Crippen molar-refractivity contribution >= 4 is 15.9 Å². The molecule has 162 valence electrons. The Morgan fingerprint density at radius 1 is 1.17 bits per heavy atom. The molecule has 0 aromatic heterocycles. The Morgan fingerprint density at radius 2 is 1.87 bits per heavy atom. The van der Waals surface area contributed by atoms with E-state index in [1.807, 2.05) is 45.0 Å². The molecule has 0 bridgehead atoms. The summed E-state index contributed by atoms with van der Waals surface area (Å²) >= 11 is 0. The molecule has 1 atom stereocenters. The van der Waals surface area contributed by atoms with Gasteiger partial charge in [0.15, 0.2) is 0 Å². The molecular weight excluding hydrogens is 400 g/mol. The van der Waals surface area contributed by atoms with E-state index in [0.717, 1.165) is 11.1 Å². The van der Waals surface area contributed by atoms with E-state index in [1.165, 1.54) is 4.31 Å². The molecule has 1 saturated heterocycles. The van der Waals surface area contributed by atoms with Crippen LogP contribution < -0.4 is 10.1 Å². The predicted octanol–water partition coefficient (Wildman–Crippen LogP) is 3.50. The smallest absolute Gasteiger partial charge is 0.243 e. The number of carbonyl (C=O) groups excluding carboxylic acids is 1. The Morgan fingerprint density at radius 3 is 2.53 bits per heavy atom. The molecule has 1 aliphatic rings. The largest absolute Gasteiger partial charge is 0.494 e. The zero-order valence-corrected chi connectivity index (χ0v) is 18.7. The van der Waals surface area contributed by atoms with E-state index in [9.17, 15) is 13.2 Å². The highest BCUT2D eigenvalue weighted by Crippen LogP contribution is 2.33. The van der Waals surface area contributed by atoms with Crippen LogP contribution in [0.5, 0.6) is 5.75 Å². The van der Waals surface area contributed by atoms with Crippen LogP contribution in [0.3, 0.4) is 0 Å². The first kappa shape index (κ1) is 22.3. The van der Waals surface area contributed by atoms with Crippen LogP contribution >= 0.6 is 0 Å². The van der Waals surface area contributed by atoms with Gasteiger partial charge in [0.1, 0.15) is 5.75 Å². The number of nitrogens with zero attached hydrogens (tertiary/aromatic N) is 1. The monoisotopic (exact) mass is 430 g/mol. The van der Waals surface area contributed by atoms with E-state index in [-0.39, 0.29) is 17.3 Å². The van der Waals surface area contributed by atoms with E-state index >= 15 is 0 Å². The number of nitrogens with one attached hydrogen (secondary N) is 1. The molecule has 6 nitrogen and oxygen atoms in total. The van der Waals surface area contributed by atoms with Crippen LogP contribution in [0.4, 0.5) is 0 Å². The number of piperidine rings is 1. The quantitative estimate of drug-likeness (QED) is 0.729. The molecule has 3 rings (SSSR count). The second-order valence-corrected chi connectivity index (χ2v) is 9.95. The predicted molar refractivity (Wildman–Crippen MR) is 117 cm³/mol. The van der Waals surface area contributed by atoms with Crippen LogP contribution in [-0.4, -0.2) is 38.3 Å². The summed E-state index contributed by atoms with van der Waals surface area (Å²) in [7, 11) is -3.67. The normalized spacial score (nSPS) is 20.0. The van der Waals surface area contributed by atoms with Crippen LogP contribution in [-0.2, 0) is 21.4 Å². The maximum atomic E-state index is 13.1. The lowest BCUT2D eigenvalue weighted by Gasteiger charge is -2.38. The Kier molecular flexibility index (Phi) is 6.83. The number of hydrogen-bond donors (Lipinski definition) is 1. The maximum absolute atomic E-state index is 13.1. The molecule has 2 aromatic carbocycles. The molecule has 2 aromatic rings. The van der Waals surface area contributed by atoms with Crippen LogP contribution in [0.25, 0.3) is 0 Å². The first-order valence-corrected chi connectivity index (χ1v) is 11.8. The molecule has 1 N–H and O–H groups in total. The van der Waals surface area contributed by atoms with Crippen molar-refractivity contribution in [3.05, 3.63) is 59.7 Å². The third-order valence-corrected chi connectivity index (χ3v) is 7.54. The van der Waals surface area contributed by atoms with E-state index in [1.54, 1.807) is 24.3 Å². The molecular formula is C23H30N2O4S. The van der Waals surface area contributed by atoms with Gasteiger partial charge in [-0.2, -0.15) is 4.31 Å². The zero-order chi connectivity index (χ0) is 21.8. The topological polar surface area (TPSA) is 75.7 Å². The first-order chi connectivity index (χ1) is 14.3. The van der Waals surface area contributed by atoms with Crippen molar-refractivity contribution in [3.8, 4) is 5.75 Å². The molecule has 1 heterocycles. The fourth-order valence-electron chi connectivity index (χ4n) is 3.80. The van der Waals surface area contributed by atoms with E-state index in [0.29, 0.717) is 38.3 Å². The van der Waals surface area contributed by atoms with Crippen LogP contribution in [0.1, 0.15) is 37.8 Å². The van der Waals surface area contributed by atoms with Crippen molar-refractivity contribution in [1.82, 2.24) is 9.62 Å². The van der Waals surface area contributed by atoms with E-state index in [4.69, 9.17) is 4.74 Å². The van der Waals surface area contributed by atoms with Crippen molar-refractivity contribution in [2.24, 2.45) is 5.41 Å². The summed E-state index contributed by atoms with van der Waals surface area (Å²) in [5.41, 5.74) is 1.41. The SMILES string of the molecule is CCOc1ccc(S(=O)(=O)N2CCC[C@@](C)(C(=O)NCc3ccccc3C)C2)cc1. The Hall–Kier alpha value is -2.38. The number of carbonyl (C=O) groups is 1. The fraction of sp³-hybridized carbons (Fsp3) is 0.435. The van der Waals surface area contributed by atoms with E-state index in [2.05, 4.69) is 5.32 Å². The van der Waals surface area contributed by atoms with Crippen molar-refractivity contribution in [1.29, 1.82) is 0 Å². The Bertz CT molecular complexity index is 989. The number of sulfonamides is 1. The van der Waals surface area contributed by atoms with E-state index < -0.39 is 15.4 Å². The molecule has 7 heteroatoms. The Labute approximate surface area is 179 Å². The summed E-state index contributed by atoms with van der Waals surface area (Å²) in [5.74, 6) is 0.521. The minimum Gasteiger partial charge on any atom is -0.494 e. The van der Waals surface area contributed by atoms with Crippen LogP contribution in [0.15, 0.2) is 53.4 Å². The second-order valence-electron chi connectivity index (χ2n) is 8.02. The van der Waals surface area contributed by atoms with Gasteiger partial charge in [-0.3, -0.25) is 4.79 Å². The molecule has 0 unspecified atom stereocenters. The summed E-state index contributed by atoms with van der Waals surface area (Å²) in [4.78, 5) is 13.2. The van der Waals surface area contributed by atoms with Gasteiger partial charge in [0, 0.05) is 19.6 Å². The van der Waals surface area contributed by atoms with Gasteiger partial charge in [0.25, 0.3) is 0 Å². The van der Waals surface area contributed by atoms with Crippen molar-refractivity contribution in [3.63, 3.8) is 0 Å². The van der Waals surface area contributed by atoms with Gasteiger partial charge in [-0.15, -0.1) is 0 Å². The first-order valence-electron chi connectivity index (χ1n) is 10.3. The lowest BCUT2D eigenvalue weighted by Crippen LogP contribution is -2.51. The number of amides is 1. The highest BCUT2D eigenvalue weighted by molar-refractivity contribution is 7.89. The average molecular weight is 431 g/mol. The van der Waals surface area contributed by atoms with Gasteiger partial charge in [0.2, 0.25) is 15.9 Å². The minimum absolute atomic E-state index is 0.114. The molecule has 0 radical (unpaired) electrons. The highest BCUT2D eigenvalue weighted by atomic mass is 32.2. The van der Waals surface area contributed by atoms with Crippen molar-refractivity contribution < 1.29 is 17.9 Å². The number of rotatable bonds is 7. The summed E-state index contributed by atoms with van der Waals surface area (Å²) in [6, 6.07) is 14.4. The van der Waals surface area contributed by atoms with Gasteiger partial charge in [-0.05, 0) is 69.0 Å². The van der Waals surface area contributed by atoms with Gasteiger partial charge < -0.3 is 10.1 Å². The molecule has 0 spiro atoms. The summed E-state index contributed by atoms with van der Waals surface area (Å²) in [6.07, 6.45) is 1.30. The molecule has 0 aliphatic carbocycles. The zero-order valence-electron chi connectivity index (χ0n) is 17.8. The van der Waals surface area contributed by atoms with Crippen LogP contribution in [0.2, 0.25) is 0 Å². The van der Waals surface area contributed by atoms with Gasteiger partial charge in [-0.1, -0.05) is 24.3 Å². The standard InChI is InChI=1S/C23H30N2O4S/c1-4-29-20-10-12-21(13-11-20)30(27,28)25-15-7-14-23(3,17-25)22(26)24-16-19-9-6-5-8-18(19)2/h5-6,8-13H,4,7,14-17H2,1-3H3,(H,24,26)/t23-/m1/s1. The number of benzene rings is 2. The molecule has 0 saturated carbocycles. The fourth-order valence-corrected chi connectivity index (χ4v) is 5.41. The third kappa shape index (κ3) is 4.84. The molecule has 1 aliphatic heterocycles. The summed E-state index contributed by atoms with van der Waals surface area (Å²) in [6.45, 7) is 7.28. The van der Waals surface area contributed by atoms with Gasteiger partial charge >= 0.3 is 0 Å². The third-order valence-electron chi connectivity index (χ3n) is 5.68. The van der Waals surface area contributed by atoms with Crippen molar-refractivity contribution in [2.45, 2.75) is 45.1 Å². The molecule has 1 fully saturated rings. The number of aryl methyl sites for hydroxylation is 1. The molecule has 30 heavy (non-hydrogen) atoms.